The zero-order chi connectivity index (χ0) is 19.2. The Morgan fingerprint density at radius 2 is 1.93 bits per heavy atom. The van der Waals surface area contributed by atoms with Crippen molar-refractivity contribution in [2.24, 2.45) is 0 Å². The molecular weight excluding hydrogens is 384 g/mol. The van der Waals surface area contributed by atoms with Gasteiger partial charge in [0, 0.05) is 27.6 Å². The van der Waals surface area contributed by atoms with Crippen LogP contribution < -0.4 is 15.4 Å². The van der Waals surface area contributed by atoms with Gasteiger partial charge in [-0.2, -0.15) is 11.3 Å². The van der Waals surface area contributed by atoms with Crippen molar-refractivity contribution in [3.8, 4) is 5.75 Å². The van der Waals surface area contributed by atoms with Crippen LogP contribution in [0.3, 0.4) is 0 Å². The van der Waals surface area contributed by atoms with Crippen LogP contribution in [0.5, 0.6) is 5.75 Å². The monoisotopic (exact) mass is 400 g/mol. The SMILES string of the molecule is COc1cccc(NC(=O)C(=O)NCc2ccc(C(=O)c3ccsc3)s2)c1. The van der Waals surface area contributed by atoms with E-state index in [0.717, 1.165) is 4.88 Å². The molecule has 2 heterocycles. The van der Waals surface area contributed by atoms with Gasteiger partial charge in [-0.3, -0.25) is 14.4 Å². The first-order valence-electron chi connectivity index (χ1n) is 7.95. The number of nitrogens with one attached hydrogen (secondary N) is 2. The summed E-state index contributed by atoms with van der Waals surface area (Å²) in [6.07, 6.45) is 0. The Kier molecular flexibility index (Phi) is 6.00. The quantitative estimate of drug-likeness (QED) is 0.491. The molecule has 27 heavy (non-hydrogen) atoms. The van der Waals surface area contributed by atoms with Gasteiger partial charge in [-0.15, -0.1) is 11.3 Å². The van der Waals surface area contributed by atoms with Crippen molar-refractivity contribution in [3.63, 3.8) is 0 Å². The average Bonchev–Trinajstić information content (AvgIpc) is 3.37. The summed E-state index contributed by atoms with van der Waals surface area (Å²) in [5.41, 5.74) is 1.12. The Labute approximate surface area is 163 Å². The molecular formula is C19H16N2O4S2. The number of rotatable bonds is 6. The smallest absolute Gasteiger partial charge is 0.313 e. The second kappa shape index (κ2) is 8.61. The summed E-state index contributed by atoms with van der Waals surface area (Å²) in [5, 5.41) is 8.72. The lowest BCUT2D eigenvalue weighted by Crippen LogP contribution is -2.34. The Hall–Kier alpha value is -2.97. The average molecular weight is 400 g/mol. The summed E-state index contributed by atoms with van der Waals surface area (Å²) in [5.74, 6) is -0.990. The zero-order valence-electron chi connectivity index (χ0n) is 14.4. The van der Waals surface area contributed by atoms with Crippen molar-refractivity contribution in [2.75, 3.05) is 12.4 Å². The van der Waals surface area contributed by atoms with E-state index in [4.69, 9.17) is 4.74 Å². The van der Waals surface area contributed by atoms with Crippen LogP contribution in [-0.4, -0.2) is 24.7 Å². The van der Waals surface area contributed by atoms with Crippen molar-refractivity contribution < 1.29 is 19.1 Å². The number of anilines is 1. The van der Waals surface area contributed by atoms with Crippen LogP contribution in [0.2, 0.25) is 0 Å². The van der Waals surface area contributed by atoms with E-state index in [1.165, 1.54) is 29.8 Å². The number of ether oxygens (including phenoxy) is 1. The van der Waals surface area contributed by atoms with E-state index in [-0.39, 0.29) is 12.3 Å². The fourth-order valence-corrected chi connectivity index (χ4v) is 3.81. The molecule has 0 fully saturated rings. The fraction of sp³-hybridized carbons (Fsp3) is 0.105. The third-order valence-electron chi connectivity index (χ3n) is 3.63. The fourth-order valence-electron chi connectivity index (χ4n) is 2.27. The Morgan fingerprint density at radius 3 is 2.67 bits per heavy atom. The van der Waals surface area contributed by atoms with Gasteiger partial charge in [0.15, 0.2) is 0 Å². The molecule has 3 rings (SSSR count). The van der Waals surface area contributed by atoms with Gasteiger partial charge in [0.1, 0.15) is 5.75 Å². The summed E-state index contributed by atoms with van der Waals surface area (Å²) < 4.78 is 5.07. The first kappa shape index (κ1) is 18.8. The molecule has 0 spiro atoms. The lowest BCUT2D eigenvalue weighted by molar-refractivity contribution is -0.136. The number of carbonyl (C=O) groups excluding carboxylic acids is 3. The topological polar surface area (TPSA) is 84.5 Å². The Balaban J connectivity index is 1.54. The van der Waals surface area contributed by atoms with Gasteiger partial charge in [-0.1, -0.05) is 6.07 Å². The minimum atomic E-state index is -0.769. The highest BCUT2D eigenvalue weighted by Crippen LogP contribution is 2.21. The van der Waals surface area contributed by atoms with Crippen LogP contribution in [0.1, 0.15) is 20.1 Å². The molecule has 6 nitrogen and oxygen atoms in total. The van der Waals surface area contributed by atoms with Crippen LogP contribution in [0, 0.1) is 0 Å². The maximum absolute atomic E-state index is 12.3. The third kappa shape index (κ3) is 4.81. The molecule has 0 aliphatic rings. The molecule has 0 radical (unpaired) electrons. The first-order chi connectivity index (χ1) is 13.1. The molecule has 8 heteroatoms. The molecule has 0 unspecified atom stereocenters. The van der Waals surface area contributed by atoms with Gasteiger partial charge in [0.25, 0.3) is 0 Å². The normalized spacial score (nSPS) is 10.3. The second-order valence-electron chi connectivity index (χ2n) is 5.48. The van der Waals surface area contributed by atoms with Gasteiger partial charge in [0.05, 0.1) is 18.5 Å². The van der Waals surface area contributed by atoms with Crippen molar-refractivity contribution in [1.29, 1.82) is 0 Å². The number of methoxy groups -OCH3 is 1. The number of carbonyl (C=O) groups is 3. The number of ketones is 1. The zero-order valence-corrected chi connectivity index (χ0v) is 16.0. The minimum Gasteiger partial charge on any atom is -0.497 e. The highest BCUT2D eigenvalue weighted by molar-refractivity contribution is 7.14. The van der Waals surface area contributed by atoms with Gasteiger partial charge in [-0.25, -0.2) is 0 Å². The molecule has 0 atom stereocenters. The van der Waals surface area contributed by atoms with Crippen molar-refractivity contribution in [3.05, 3.63) is 68.5 Å². The molecule has 0 bridgehead atoms. The summed E-state index contributed by atoms with van der Waals surface area (Å²) in [7, 11) is 1.52. The predicted octanol–water partition coefficient (Wildman–Crippen LogP) is 3.30. The van der Waals surface area contributed by atoms with E-state index in [1.807, 2.05) is 5.38 Å². The van der Waals surface area contributed by atoms with Crippen LogP contribution in [0.4, 0.5) is 5.69 Å². The van der Waals surface area contributed by atoms with E-state index in [1.54, 1.807) is 47.8 Å². The molecule has 0 aliphatic heterocycles. The molecule has 2 amide bonds. The van der Waals surface area contributed by atoms with E-state index in [0.29, 0.717) is 21.9 Å². The molecule has 1 aromatic carbocycles. The number of amides is 2. The third-order valence-corrected chi connectivity index (χ3v) is 5.39. The predicted molar refractivity (Wildman–Crippen MR) is 106 cm³/mol. The maximum Gasteiger partial charge on any atom is 0.313 e. The van der Waals surface area contributed by atoms with E-state index in [9.17, 15) is 14.4 Å². The number of thiophene rings is 2. The molecule has 138 valence electrons. The Morgan fingerprint density at radius 1 is 1.07 bits per heavy atom. The summed E-state index contributed by atoms with van der Waals surface area (Å²) in [4.78, 5) is 37.6. The van der Waals surface area contributed by atoms with Gasteiger partial charge in [-0.05, 0) is 35.7 Å². The lowest BCUT2D eigenvalue weighted by atomic mass is 10.2. The Bertz CT molecular complexity index is 964. The molecule has 3 aromatic rings. The summed E-state index contributed by atoms with van der Waals surface area (Å²) in [6, 6.07) is 12.0. The van der Waals surface area contributed by atoms with Crippen LogP contribution in [0.15, 0.2) is 53.2 Å². The minimum absolute atomic E-state index is 0.0467. The number of hydrogen-bond acceptors (Lipinski definition) is 6. The number of hydrogen-bond donors (Lipinski definition) is 2. The second-order valence-corrected chi connectivity index (χ2v) is 7.42. The standard InChI is InChI=1S/C19H16N2O4S2/c1-25-14-4-2-3-13(9-14)21-19(24)18(23)20-10-15-5-6-16(27-15)17(22)12-7-8-26-11-12/h2-9,11H,10H2,1H3,(H,20,23)(H,21,24). The van der Waals surface area contributed by atoms with Crippen molar-refractivity contribution >= 4 is 46.0 Å². The molecule has 0 aliphatic carbocycles. The molecule has 2 N–H and O–H groups in total. The summed E-state index contributed by atoms with van der Waals surface area (Å²) in [6.45, 7) is 0.173. The van der Waals surface area contributed by atoms with E-state index >= 15 is 0 Å². The van der Waals surface area contributed by atoms with Crippen LogP contribution in [0.25, 0.3) is 0 Å². The first-order valence-corrected chi connectivity index (χ1v) is 9.71. The number of benzene rings is 1. The van der Waals surface area contributed by atoms with E-state index in [2.05, 4.69) is 10.6 Å². The highest BCUT2D eigenvalue weighted by atomic mass is 32.1. The summed E-state index contributed by atoms with van der Waals surface area (Å²) >= 11 is 2.76. The van der Waals surface area contributed by atoms with Gasteiger partial charge < -0.3 is 15.4 Å². The molecule has 0 saturated carbocycles. The highest BCUT2D eigenvalue weighted by Gasteiger charge is 2.16. The largest absolute Gasteiger partial charge is 0.497 e. The lowest BCUT2D eigenvalue weighted by Gasteiger charge is -2.07. The molecule has 0 saturated heterocycles. The molecule has 2 aromatic heterocycles. The van der Waals surface area contributed by atoms with Crippen molar-refractivity contribution in [1.82, 2.24) is 5.32 Å². The van der Waals surface area contributed by atoms with E-state index < -0.39 is 11.8 Å². The van der Waals surface area contributed by atoms with Gasteiger partial charge in [0.2, 0.25) is 5.78 Å². The maximum atomic E-state index is 12.3. The van der Waals surface area contributed by atoms with Gasteiger partial charge >= 0.3 is 11.8 Å². The van der Waals surface area contributed by atoms with Crippen molar-refractivity contribution in [2.45, 2.75) is 6.54 Å². The van der Waals surface area contributed by atoms with Crippen LogP contribution >= 0.6 is 22.7 Å². The van der Waals surface area contributed by atoms with Crippen LogP contribution in [-0.2, 0) is 16.1 Å².